The summed E-state index contributed by atoms with van der Waals surface area (Å²) in [6.45, 7) is 0. The van der Waals surface area contributed by atoms with Crippen molar-refractivity contribution in [3.05, 3.63) is 35.4 Å². The van der Waals surface area contributed by atoms with Crippen LogP contribution in [0.2, 0.25) is 0 Å². The standard InChI is InChI=1S/C17H21F2NO/c18-16(19)14-8-6-13(7-9-14)15(21)17(12-20)10-4-2-1-3-5-11-17/h6-9,15-16,21H,1-5,10-11H2. The molecule has 2 nitrogen and oxygen atoms in total. The molecule has 1 atom stereocenters. The van der Waals surface area contributed by atoms with Gasteiger partial charge in [0.2, 0.25) is 0 Å². The first-order valence-electron chi connectivity index (χ1n) is 7.56. The van der Waals surface area contributed by atoms with Crippen LogP contribution in [0.15, 0.2) is 24.3 Å². The largest absolute Gasteiger partial charge is 0.387 e. The molecule has 0 aliphatic heterocycles. The molecule has 21 heavy (non-hydrogen) atoms. The summed E-state index contributed by atoms with van der Waals surface area (Å²) in [4.78, 5) is 0. The molecule has 0 spiro atoms. The number of rotatable bonds is 3. The molecule has 0 aromatic heterocycles. The van der Waals surface area contributed by atoms with Crippen molar-refractivity contribution in [3.63, 3.8) is 0 Å². The Kier molecular flexibility index (Phi) is 5.30. The summed E-state index contributed by atoms with van der Waals surface area (Å²) in [5.74, 6) is 0. The molecular weight excluding hydrogens is 272 g/mol. The summed E-state index contributed by atoms with van der Waals surface area (Å²) in [5.41, 5.74) is -0.289. The van der Waals surface area contributed by atoms with Crippen LogP contribution in [0, 0.1) is 16.7 Å². The number of benzene rings is 1. The van der Waals surface area contributed by atoms with Crippen LogP contribution < -0.4 is 0 Å². The van der Waals surface area contributed by atoms with E-state index in [2.05, 4.69) is 6.07 Å². The second-order valence-corrected chi connectivity index (χ2v) is 5.91. The van der Waals surface area contributed by atoms with Gasteiger partial charge in [0.1, 0.15) is 0 Å². The van der Waals surface area contributed by atoms with Crippen molar-refractivity contribution in [2.75, 3.05) is 0 Å². The number of halogens is 2. The fourth-order valence-electron chi connectivity index (χ4n) is 3.13. The molecule has 1 aliphatic carbocycles. The average molecular weight is 293 g/mol. The molecule has 1 fully saturated rings. The number of alkyl halides is 2. The minimum atomic E-state index is -2.51. The van der Waals surface area contributed by atoms with E-state index in [0.717, 1.165) is 25.7 Å². The van der Waals surface area contributed by atoms with E-state index in [1.165, 1.54) is 30.7 Å². The van der Waals surface area contributed by atoms with Crippen LogP contribution in [0.4, 0.5) is 8.78 Å². The van der Waals surface area contributed by atoms with Crippen molar-refractivity contribution < 1.29 is 13.9 Å². The lowest BCUT2D eigenvalue weighted by atomic mass is 9.71. The Morgan fingerprint density at radius 2 is 1.43 bits per heavy atom. The SMILES string of the molecule is N#CC1(C(O)c2ccc(C(F)F)cc2)CCCCCCC1. The Bertz CT molecular complexity index is 485. The van der Waals surface area contributed by atoms with Gasteiger partial charge in [-0.3, -0.25) is 0 Å². The van der Waals surface area contributed by atoms with Crippen LogP contribution in [-0.2, 0) is 0 Å². The van der Waals surface area contributed by atoms with Crippen LogP contribution >= 0.6 is 0 Å². The van der Waals surface area contributed by atoms with Gasteiger partial charge in [0.25, 0.3) is 6.43 Å². The van der Waals surface area contributed by atoms with Gasteiger partial charge in [-0.1, -0.05) is 56.4 Å². The molecule has 0 heterocycles. The van der Waals surface area contributed by atoms with Crippen LogP contribution in [0.3, 0.4) is 0 Å². The zero-order valence-electron chi connectivity index (χ0n) is 12.1. The van der Waals surface area contributed by atoms with Crippen molar-refractivity contribution in [2.24, 2.45) is 5.41 Å². The molecule has 114 valence electrons. The number of hydrogen-bond donors (Lipinski definition) is 1. The summed E-state index contributed by atoms with van der Waals surface area (Å²) >= 11 is 0. The zero-order valence-corrected chi connectivity index (χ0v) is 12.1. The zero-order chi connectivity index (χ0) is 15.3. The second kappa shape index (κ2) is 7.00. The maximum Gasteiger partial charge on any atom is 0.263 e. The number of nitrogens with zero attached hydrogens (tertiary/aromatic N) is 1. The van der Waals surface area contributed by atoms with E-state index >= 15 is 0 Å². The Morgan fingerprint density at radius 3 is 1.90 bits per heavy atom. The third kappa shape index (κ3) is 3.59. The highest BCUT2D eigenvalue weighted by molar-refractivity contribution is 5.28. The maximum atomic E-state index is 12.6. The van der Waals surface area contributed by atoms with Gasteiger partial charge in [-0.05, 0) is 18.4 Å². The summed E-state index contributed by atoms with van der Waals surface area (Å²) in [6, 6.07) is 8.02. The van der Waals surface area contributed by atoms with Crippen LogP contribution in [0.5, 0.6) is 0 Å². The molecule has 0 saturated heterocycles. The molecule has 0 amide bonds. The van der Waals surface area contributed by atoms with Crippen molar-refractivity contribution in [1.29, 1.82) is 5.26 Å². The van der Waals surface area contributed by atoms with E-state index in [1.807, 2.05) is 0 Å². The molecular formula is C17H21F2NO. The molecule has 1 saturated carbocycles. The highest BCUT2D eigenvalue weighted by Gasteiger charge is 2.38. The van der Waals surface area contributed by atoms with Crippen LogP contribution in [0.25, 0.3) is 0 Å². The third-order valence-electron chi connectivity index (χ3n) is 4.50. The molecule has 1 aliphatic rings. The van der Waals surface area contributed by atoms with Crippen molar-refractivity contribution in [1.82, 2.24) is 0 Å². The minimum absolute atomic E-state index is 0.0605. The normalized spacial score (nSPS) is 20.3. The van der Waals surface area contributed by atoms with Gasteiger partial charge in [-0.25, -0.2) is 8.78 Å². The van der Waals surface area contributed by atoms with E-state index in [4.69, 9.17) is 0 Å². The van der Waals surface area contributed by atoms with E-state index in [9.17, 15) is 19.1 Å². The monoisotopic (exact) mass is 293 g/mol. The first-order chi connectivity index (χ1) is 10.1. The smallest absolute Gasteiger partial charge is 0.263 e. The molecule has 4 heteroatoms. The van der Waals surface area contributed by atoms with Gasteiger partial charge >= 0.3 is 0 Å². The molecule has 1 unspecified atom stereocenters. The van der Waals surface area contributed by atoms with E-state index < -0.39 is 17.9 Å². The lowest BCUT2D eigenvalue weighted by molar-refractivity contribution is 0.0433. The fourth-order valence-corrected chi connectivity index (χ4v) is 3.13. The van der Waals surface area contributed by atoms with Crippen molar-refractivity contribution >= 4 is 0 Å². The van der Waals surface area contributed by atoms with Crippen LogP contribution in [0.1, 0.15) is 68.6 Å². The highest BCUT2D eigenvalue weighted by Crippen LogP contribution is 2.44. The molecule has 1 N–H and O–H groups in total. The van der Waals surface area contributed by atoms with Gasteiger partial charge in [0.05, 0.1) is 17.6 Å². The minimum Gasteiger partial charge on any atom is -0.387 e. The molecule has 0 radical (unpaired) electrons. The van der Waals surface area contributed by atoms with E-state index in [0.29, 0.717) is 18.4 Å². The van der Waals surface area contributed by atoms with Gasteiger partial charge < -0.3 is 5.11 Å². The molecule has 1 aromatic rings. The summed E-state index contributed by atoms with van der Waals surface area (Å²) in [7, 11) is 0. The Hall–Kier alpha value is -1.47. The van der Waals surface area contributed by atoms with Gasteiger partial charge in [0.15, 0.2) is 0 Å². The number of aliphatic hydroxyl groups excluding tert-OH is 1. The summed E-state index contributed by atoms with van der Waals surface area (Å²) in [6.07, 6.45) is 3.12. The lowest BCUT2D eigenvalue weighted by Gasteiger charge is -2.33. The fraction of sp³-hybridized carbons (Fsp3) is 0.588. The molecule has 2 rings (SSSR count). The highest BCUT2D eigenvalue weighted by atomic mass is 19.3. The van der Waals surface area contributed by atoms with Crippen LogP contribution in [-0.4, -0.2) is 5.11 Å². The number of aliphatic hydroxyl groups is 1. The molecule has 0 bridgehead atoms. The molecule has 1 aromatic carbocycles. The Balaban J connectivity index is 2.22. The van der Waals surface area contributed by atoms with Gasteiger partial charge in [0, 0.05) is 5.56 Å². The second-order valence-electron chi connectivity index (χ2n) is 5.91. The lowest BCUT2D eigenvalue weighted by Crippen LogP contribution is -2.28. The Morgan fingerprint density at radius 1 is 0.952 bits per heavy atom. The first kappa shape index (κ1) is 15.9. The summed E-state index contributed by atoms with van der Waals surface area (Å²) < 4.78 is 25.2. The number of nitriles is 1. The Labute approximate surface area is 124 Å². The maximum absolute atomic E-state index is 12.6. The van der Waals surface area contributed by atoms with Crippen molar-refractivity contribution in [2.45, 2.75) is 57.5 Å². The predicted octanol–water partition coefficient (Wildman–Crippen LogP) is 4.91. The number of hydrogen-bond acceptors (Lipinski definition) is 2. The summed E-state index contributed by atoms with van der Waals surface area (Å²) in [5, 5.41) is 20.2. The van der Waals surface area contributed by atoms with Gasteiger partial charge in [-0.2, -0.15) is 5.26 Å². The quantitative estimate of drug-likeness (QED) is 0.860. The van der Waals surface area contributed by atoms with E-state index in [1.54, 1.807) is 0 Å². The van der Waals surface area contributed by atoms with Crippen molar-refractivity contribution in [3.8, 4) is 6.07 Å². The predicted molar refractivity (Wildman–Crippen MR) is 76.7 cm³/mol. The average Bonchev–Trinajstić information content (AvgIpc) is 2.47. The first-order valence-corrected chi connectivity index (χ1v) is 7.56. The van der Waals surface area contributed by atoms with Gasteiger partial charge in [-0.15, -0.1) is 0 Å². The third-order valence-corrected chi connectivity index (χ3v) is 4.50. The van der Waals surface area contributed by atoms with E-state index in [-0.39, 0.29) is 5.56 Å². The topological polar surface area (TPSA) is 44.0 Å².